The summed E-state index contributed by atoms with van der Waals surface area (Å²) >= 11 is 0. The fourth-order valence-corrected chi connectivity index (χ4v) is 2.20. The lowest BCUT2D eigenvalue weighted by Crippen LogP contribution is -2.39. The maximum absolute atomic E-state index is 13.7. The van der Waals surface area contributed by atoms with Crippen LogP contribution in [0.5, 0.6) is 0 Å². The Hall–Kier alpha value is -0.930. The molecule has 0 aliphatic carbocycles. The zero-order valence-electron chi connectivity index (χ0n) is 11.5. The lowest BCUT2D eigenvalue weighted by molar-refractivity contribution is 0.0468. The number of halogens is 1. The minimum atomic E-state index is -0.729. The number of hydrogen-bond acceptors (Lipinski definition) is 2. The average molecular weight is 253 g/mol. The van der Waals surface area contributed by atoms with E-state index in [0.29, 0.717) is 12.1 Å². The maximum Gasteiger partial charge on any atom is 0.127 e. The first-order chi connectivity index (χ1) is 8.50. The van der Waals surface area contributed by atoms with Gasteiger partial charge in [0.15, 0.2) is 0 Å². The summed E-state index contributed by atoms with van der Waals surface area (Å²) in [5, 5.41) is 13.4. The molecule has 0 bridgehead atoms. The van der Waals surface area contributed by atoms with Crippen LogP contribution in [-0.2, 0) is 0 Å². The Bertz CT molecular complexity index is 365. The van der Waals surface area contributed by atoms with E-state index in [2.05, 4.69) is 5.32 Å². The highest BCUT2D eigenvalue weighted by atomic mass is 19.1. The first kappa shape index (κ1) is 15.1. The molecule has 2 unspecified atom stereocenters. The molecule has 0 saturated carbocycles. The highest BCUT2D eigenvalue weighted by Crippen LogP contribution is 2.21. The van der Waals surface area contributed by atoms with Gasteiger partial charge < -0.3 is 10.4 Å². The van der Waals surface area contributed by atoms with Crippen LogP contribution in [0.25, 0.3) is 0 Å². The first-order valence-electron chi connectivity index (χ1n) is 6.70. The fourth-order valence-electron chi connectivity index (χ4n) is 2.20. The van der Waals surface area contributed by atoms with E-state index in [0.717, 1.165) is 19.3 Å². The summed E-state index contributed by atoms with van der Waals surface area (Å²) in [6.07, 6.45) is 2.47. The molecule has 102 valence electrons. The van der Waals surface area contributed by atoms with E-state index in [1.807, 2.05) is 26.8 Å². The van der Waals surface area contributed by atoms with Crippen molar-refractivity contribution in [3.05, 3.63) is 35.6 Å². The van der Waals surface area contributed by atoms with E-state index >= 15 is 0 Å². The third-order valence-electron chi connectivity index (χ3n) is 3.21. The predicted octanol–water partition coefficient (Wildman–Crippen LogP) is 3.42. The van der Waals surface area contributed by atoms with Gasteiger partial charge in [-0.3, -0.25) is 0 Å². The van der Waals surface area contributed by atoms with Gasteiger partial charge in [0.05, 0.1) is 5.60 Å². The number of hydrogen-bond donors (Lipinski definition) is 2. The van der Waals surface area contributed by atoms with Crippen molar-refractivity contribution in [3.8, 4) is 0 Å². The van der Waals surface area contributed by atoms with Gasteiger partial charge in [-0.15, -0.1) is 0 Å². The minimum Gasteiger partial charge on any atom is -0.389 e. The van der Waals surface area contributed by atoms with Crippen molar-refractivity contribution in [1.82, 2.24) is 5.32 Å². The van der Waals surface area contributed by atoms with E-state index in [-0.39, 0.29) is 11.9 Å². The van der Waals surface area contributed by atoms with Crippen molar-refractivity contribution in [2.75, 3.05) is 6.54 Å². The smallest absolute Gasteiger partial charge is 0.127 e. The molecule has 0 fully saturated rings. The van der Waals surface area contributed by atoms with Crippen molar-refractivity contribution in [2.45, 2.75) is 51.7 Å². The minimum absolute atomic E-state index is 0.0467. The molecule has 18 heavy (non-hydrogen) atoms. The van der Waals surface area contributed by atoms with E-state index < -0.39 is 5.60 Å². The summed E-state index contributed by atoms with van der Waals surface area (Å²) in [7, 11) is 0. The Morgan fingerprint density at radius 2 is 2.00 bits per heavy atom. The second-order valence-corrected chi connectivity index (χ2v) is 5.11. The molecule has 0 radical (unpaired) electrons. The van der Waals surface area contributed by atoms with E-state index in [1.54, 1.807) is 12.1 Å². The Kier molecular flexibility index (Phi) is 5.76. The maximum atomic E-state index is 13.7. The van der Waals surface area contributed by atoms with Crippen LogP contribution >= 0.6 is 0 Å². The topological polar surface area (TPSA) is 32.3 Å². The van der Waals surface area contributed by atoms with Crippen LogP contribution in [0.1, 0.15) is 51.6 Å². The summed E-state index contributed by atoms with van der Waals surface area (Å²) in [5.41, 5.74) is -0.0553. The summed E-state index contributed by atoms with van der Waals surface area (Å²) in [6.45, 7) is 6.35. The molecule has 2 nitrogen and oxygen atoms in total. The van der Waals surface area contributed by atoms with Crippen molar-refractivity contribution in [1.29, 1.82) is 0 Å². The second-order valence-electron chi connectivity index (χ2n) is 5.11. The molecule has 0 saturated heterocycles. The zero-order valence-corrected chi connectivity index (χ0v) is 11.5. The molecule has 1 aromatic rings. The average Bonchev–Trinajstić information content (AvgIpc) is 2.32. The quantitative estimate of drug-likeness (QED) is 0.780. The summed E-state index contributed by atoms with van der Waals surface area (Å²) in [5.74, 6) is -0.188. The largest absolute Gasteiger partial charge is 0.389 e. The predicted molar refractivity (Wildman–Crippen MR) is 73.0 cm³/mol. The van der Waals surface area contributed by atoms with Crippen molar-refractivity contribution >= 4 is 0 Å². The molecule has 0 heterocycles. The summed E-state index contributed by atoms with van der Waals surface area (Å²) < 4.78 is 13.7. The monoisotopic (exact) mass is 253 g/mol. The van der Waals surface area contributed by atoms with Crippen LogP contribution < -0.4 is 5.32 Å². The van der Waals surface area contributed by atoms with E-state index in [4.69, 9.17) is 0 Å². The van der Waals surface area contributed by atoms with Gasteiger partial charge in [-0.05, 0) is 25.8 Å². The Morgan fingerprint density at radius 1 is 1.33 bits per heavy atom. The van der Waals surface area contributed by atoms with Crippen LogP contribution in [-0.4, -0.2) is 17.3 Å². The molecule has 0 aromatic heterocycles. The molecule has 0 aliphatic rings. The van der Waals surface area contributed by atoms with Gasteiger partial charge in [0.25, 0.3) is 0 Å². The lowest BCUT2D eigenvalue weighted by atomic mass is 9.98. The van der Waals surface area contributed by atoms with Crippen LogP contribution in [0.15, 0.2) is 24.3 Å². The van der Waals surface area contributed by atoms with Crippen molar-refractivity contribution < 1.29 is 9.50 Å². The molecular weight excluding hydrogens is 229 g/mol. The van der Waals surface area contributed by atoms with Gasteiger partial charge in [-0.2, -0.15) is 0 Å². The number of benzene rings is 1. The molecule has 0 spiro atoms. The third kappa shape index (κ3) is 4.39. The standard InChI is InChI=1S/C15H24FNO/c1-4-10-15(3,18)11-17-14(5-2)12-8-6-7-9-13(12)16/h6-9,14,17-18H,4-5,10-11H2,1-3H3. The molecule has 2 N–H and O–H groups in total. The van der Waals surface area contributed by atoms with Gasteiger partial charge in [-0.1, -0.05) is 38.5 Å². The van der Waals surface area contributed by atoms with Crippen LogP contribution in [0.2, 0.25) is 0 Å². The first-order valence-corrected chi connectivity index (χ1v) is 6.70. The molecule has 0 aliphatic heterocycles. The van der Waals surface area contributed by atoms with Crippen molar-refractivity contribution in [3.63, 3.8) is 0 Å². The Morgan fingerprint density at radius 3 is 2.56 bits per heavy atom. The number of nitrogens with one attached hydrogen (secondary N) is 1. The van der Waals surface area contributed by atoms with Gasteiger partial charge in [-0.25, -0.2) is 4.39 Å². The van der Waals surface area contributed by atoms with Gasteiger partial charge in [0.1, 0.15) is 5.82 Å². The molecule has 1 rings (SSSR count). The molecule has 0 amide bonds. The second kappa shape index (κ2) is 6.86. The summed E-state index contributed by atoms with van der Waals surface area (Å²) in [6, 6.07) is 6.76. The SMILES string of the molecule is CCCC(C)(O)CNC(CC)c1ccccc1F. The lowest BCUT2D eigenvalue weighted by Gasteiger charge is -2.27. The molecule has 2 atom stereocenters. The van der Waals surface area contributed by atoms with Crippen molar-refractivity contribution in [2.24, 2.45) is 0 Å². The normalized spacial score (nSPS) is 16.3. The van der Waals surface area contributed by atoms with Crippen LogP contribution in [0.4, 0.5) is 4.39 Å². The van der Waals surface area contributed by atoms with Crippen LogP contribution in [0, 0.1) is 5.82 Å². The zero-order chi connectivity index (χ0) is 13.6. The number of rotatable bonds is 7. The summed E-state index contributed by atoms with van der Waals surface area (Å²) in [4.78, 5) is 0. The molecule has 1 aromatic carbocycles. The van der Waals surface area contributed by atoms with Gasteiger partial charge in [0.2, 0.25) is 0 Å². The third-order valence-corrected chi connectivity index (χ3v) is 3.21. The Balaban J connectivity index is 2.66. The highest BCUT2D eigenvalue weighted by molar-refractivity contribution is 5.21. The fraction of sp³-hybridized carbons (Fsp3) is 0.600. The number of aliphatic hydroxyl groups is 1. The molecule has 3 heteroatoms. The molecular formula is C15H24FNO. The van der Waals surface area contributed by atoms with E-state index in [1.165, 1.54) is 6.07 Å². The highest BCUT2D eigenvalue weighted by Gasteiger charge is 2.21. The van der Waals surface area contributed by atoms with Crippen LogP contribution in [0.3, 0.4) is 0 Å². The van der Waals surface area contributed by atoms with Gasteiger partial charge >= 0.3 is 0 Å². The van der Waals surface area contributed by atoms with Gasteiger partial charge in [0, 0.05) is 18.2 Å². The Labute approximate surface area is 109 Å². The van der Waals surface area contributed by atoms with E-state index in [9.17, 15) is 9.50 Å².